The Bertz CT molecular complexity index is 983. The normalized spacial score (nSPS) is 10.5. The van der Waals surface area contributed by atoms with Gasteiger partial charge in [0, 0.05) is 10.9 Å². The van der Waals surface area contributed by atoms with E-state index in [4.69, 9.17) is 14.2 Å². The monoisotopic (exact) mass is 399 g/mol. The van der Waals surface area contributed by atoms with Crippen LogP contribution in [0, 0.1) is 6.92 Å². The number of nitrogens with zero attached hydrogens (tertiary/aromatic N) is 1. The smallest absolute Gasteiger partial charge is 0.338 e. The molecule has 6 nitrogen and oxygen atoms in total. The van der Waals surface area contributed by atoms with Crippen LogP contribution in [0.4, 0.5) is 0 Å². The fraction of sp³-hybridized carbons (Fsp3) is 0.238. The lowest BCUT2D eigenvalue weighted by atomic mass is 10.1. The number of methoxy groups -OCH3 is 1. The molecule has 28 heavy (non-hydrogen) atoms. The number of phenolic OH excluding ortho intramolecular Hbond substituents is 1. The molecule has 1 N–H and O–H groups in total. The third-order valence-corrected chi connectivity index (χ3v) is 5.00. The minimum atomic E-state index is -0.507. The molecular formula is C21H21NO5S. The van der Waals surface area contributed by atoms with Crippen LogP contribution in [-0.4, -0.2) is 29.8 Å². The number of hydrogen-bond acceptors (Lipinski definition) is 7. The number of aromatic hydroxyl groups is 1. The molecule has 0 aliphatic rings. The van der Waals surface area contributed by atoms with Crippen LogP contribution in [0.1, 0.15) is 28.5 Å². The van der Waals surface area contributed by atoms with Crippen LogP contribution in [-0.2, 0) is 11.3 Å². The molecule has 0 unspecified atom stereocenters. The van der Waals surface area contributed by atoms with Crippen molar-refractivity contribution in [3.8, 4) is 27.8 Å². The van der Waals surface area contributed by atoms with Gasteiger partial charge in [0.1, 0.15) is 17.4 Å². The summed E-state index contributed by atoms with van der Waals surface area (Å²) in [7, 11) is 1.59. The Morgan fingerprint density at radius 1 is 1.18 bits per heavy atom. The minimum absolute atomic E-state index is 0.0537. The second kappa shape index (κ2) is 8.75. The zero-order valence-corrected chi connectivity index (χ0v) is 16.7. The molecule has 7 heteroatoms. The number of esters is 1. The number of rotatable bonds is 7. The van der Waals surface area contributed by atoms with Crippen molar-refractivity contribution < 1.29 is 24.1 Å². The average Bonchev–Trinajstić information content (AvgIpc) is 3.18. The molecule has 0 saturated carbocycles. The van der Waals surface area contributed by atoms with Gasteiger partial charge in [-0.1, -0.05) is 6.07 Å². The van der Waals surface area contributed by atoms with E-state index in [1.165, 1.54) is 17.4 Å². The molecule has 0 aliphatic heterocycles. The van der Waals surface area contributed by atoms with Crippen LogP contribution in [0.2, 0.25) is 0 Å². The van der Waals surface area contributed by atoms with Gasteiger partial charge < -0.3 is 19.3 Å². The summed E-state index contributed by atoms with van der Waals surface area (Å²) in [6.45, 7) is 4.29. The maximum atomic E-state index is 12.2. The highest BCUT2D eigenvalue weighted by Crippen LogP contribution is 2.34. The maximum absolute atomic E-state index is 12.2. The number of ether oxygens (including phenoxy) is 3. The number of aryl methyl sites for hydroxylation is 1. The number of thiazole rings is 1. The van der Waals surface area contributed by atoms with Gasteiger partial charge in [-0.25, -0.2) is 9.78 Å². The molecule has 0 amide bonds. The summed E-state index contributed by atoms with van der Waals surface area (Å²) in [6, 6.07) is 10.3. The van der Waals surface area contributed by atoms with Crippen LogP contribution in [0.15, 0.2) is 41.8 Å². The van der Waals surface area contributed by atoms with E-state index in [1.54, 1.807) is 26.2 Å². The average molecular weight is 399 g/mol. The second-order valence-corrected chi connectivity index (χ2v) is 6.88. The molecule has 1 aromatic heterocycles. The van der Waals surface area contributed by atoms with Gasteiger partial charge in [-0.05, 0) is 49.7 Å². The standard InChI is InChI=1S/C21H21NO5S/c1-4-26-18-8-7-14(10-19(18)25-3)20-22-16(12-28-20)11-27-21(24)15-6-5-13(2)17(23)9-15/h5-10,12,23H,4,11H2,1-3H3. The lowest BCUT2D eigenvalue weighted by Crippen LogP contribution is -2.05. The zero-order valence-electron chi connectivity index (χ0n) is 15.9. The van der Waals surface area contributed by atoms with E-state index < -0.39 is 5.97 Å². The van der Waals surface area contributed by atoms with Gasteiger partial charge in [0.15, 0.2) is 11.5 Å². The molecule has 0 saturated heterocycles. The van der Waals surface area contributed by atoms with Crippen LogP contribution in [0.5, 0.6) is 17.2 Å². The van der Waals surface area contributed by atoms with E-state index in [0.29, 0.717) is 34.9 Å². The summed E-state index contributed by atoms with van der Waals surface area (Å²) in [5.41, 5.74) is 2.55. The Morgan fingerprint density at radius 2 is 2.00 bits per heavy atom. The fourth-order valence-electron chi connectivity index (χ4n) is 2.54. The van der Waals surface area contributed by atoms with Crippen LogP contribution in [0.3, 0.4) is 0 Å². The summed E-state index contributed by atoms with van der Waals surface area (Å²) in [5.74, 6) is 0.880. The van der Waals surface area contributed by atoms with E-state index >= 15 is 0 Å². The summed E-state index contributed by atoms with van der Waals surface area (Å²) >= 11 is 1.45. The highest BCUT2D eigenvalue weighted by atomic mass is 32.1. The highest BCUT2D eigenvalue weighted by Gasteiger charge is 2.13. The van der Waals surface area contributed by atoms with Crippen molar-refractivity contribution in [1.29, 1.82) is 0 Å². The van der Waals surface area contributed by atoms with Crippen molar-refractivity contribution in [3.05, 3.63) is 58.6 Å². The molecule has 3 rings (SSSR count). The molecule has 0 bridgehead atoms. The topological polar surface area (TPSA) is 77.9 Å². The largest absolute Gasteiger partial charge is 0.508 e. The minimum Gasteiger partial charge on any atom is -0.508 e. The van der Waals surface area contributed by atoms with Crippen LogP contribution in [0.25, 0.3) is 10.6 Å². The van der Waals surface area contributed by atoms with E-state index in [1.807, 2.05) is 30.5 Å². The number of aromatic nitrogens is 1. The first-order chi connectivity index (χ1) is 13.5. The summed E-state index contributed by atoms with van der Waals surface area (Å²) in [5, 5.41) is 12.4. The van der Waals surface area contributed by atoms with E-state index in [-0.39, 0.29) is 12.4 Å². The molecule has 0 spiro atoms. The summed E-state index contributed by atoms with van der Waals surface area (Å²) in [4.78, 5) is 16.7. The summed E-state index contributed by atoms with van der Waals surface area (Å²) < 4.78 is 16.2. The molecule has 1 heterocycles. The first-order valence-electron chi connectivity index (χ1n) is 8.74. The molecule has 0 fully saturated rings. The lowest BCUT2D eigenvalue weighted by Gasteiger charge is -2.10. The van der Waals surface area contributed by atoms with Crippen molar-refractivity contribution >= 4 is 17.3 Å². The highest BCUT2D eigenvalue weighted by molar-refractivity contribution is 7.13. The number of hydrogen-bond donors (Lipinski definition) is 1. The van der Waals surface area contributed by atoms with Gasteiger partial charge in [0.05, 0.1) is 25.0 Å². The van der Waals surface area contributed by atoms with Gasteiger partial charge >= 0.3 is 5.97 Å². The number of benzene rings is 2. The fourth-order valence-corrected chi connectivity index (χ4v) is 3.34. The van der Waals surface area contributed by atoms with Gasteiger partial charge in [-0.15, -0.1) is 11.3 Å². The van der Waals surface area contributed by atoms with Crippen molar-refractivity contribution in [2.75, 3.05) is 13.7 Å². The van der Waals surface area contributed by atoms with E-state index in [9.17, 15) is 9.90 Å². The Hall–Kier alpha value is -3.06. The molecule has 0 atom stereocenters. The third-order valence-electron chi connectivity index (χ3n) is 4.06. The molecule has 146 valence electrons. The predicted molar refractivity (Wildman–Crippen MR) is 107 cm³/mol. The first-order valence-corrected chi connectivity index (χ1v) is 9.62. The van der Waals surface area contributed by atoms with Crippen molar-refractivity contribution in [2.24, 2.45) is 0 Å². The van der Waals surface area contributed by atoms with E-state index in [0.717, 1.165) is 10.6 Å². The summed E-state index contributed by atoms with van der Waals surface area (Å²) in [6.07, 6.45) is 0. The second-order valence-electron chi connectivity index (χ2n) is 6.02. The first kappa shape index (κ1) is 19.7. The van der Waals surface area contributed by atoms with Crippen molar-refractivity contribution in [1.82, 2.24) is 4.98 Å². The molecule has 3 aromatic rings. The SMILES string of the molecule is CCOc1ccc(-c2nc(COC(=O)c3ccc(C)c(O)c3)cs2)cc1OC. The molecule has 2 aromatic carbocycles. The Kier molecular flexibility index (Phi) is 6.16. The van der Waals surface area contributed by atoms with E-state index in [2.05, 4.69) is 4.98 Å². The maximum Gasteiger partial charge on any atom is 0.338 e. The van der Waals surface area contributed by atoms with Gasteiger partial charge in [-0.3, -0.25) is 0 Å². The van der Waals surface area contributed by atoms with Crippen molar-refractivity contribution in [3.63, 3.8) is 0 Å². The van der Waals surface area contributed by atoms with Gasteiger partial charge in [0.25, 0.3) is 0 Å². The predicted octanol–water partition coefficient (Wildman–Crippen LogP) is 4.59. The van der Waals surface area contributed by atoms with Crippen LogP contribution >= 0.6 is 11.3 Å². The Balaban J connectivity index is 1.68. The van der Waals surface area contributed by atoms with Gasteiger partial charge in [-0.2, -0.15) is 0 Å². The van der Waals surface area contributed by atoms with Crippen molar-refractivity contribution in [2.45, 2.75) is 20.5 Å². The molecule has 0 radical (unpaired) electrons. The molecular weight excluding hydrogens is 378 g/mol. The zero-order chi connectivity index (χ0) is 20.1. The number of carbonyl (C=O) groups excluding carboxylic acids is 1. The number of carbonyl (C=O) groups is 1. The Labute approximate surface area is 167 Å². The Morgan fingerprint density at radius 3 is 2.71 bits per heavy atom. The quantitative estimate of drug-likeness (QED) is 0.586. The van der Waals surface area contributed by atoms with Crippen LogP contribution < -0.4 is 9.47 Å². The third kappa shape index (κ3) is 4.43. The number of phenols is 1. The molecule has 0 aliphatic carbocycles. The lowest BCUT2D eigenvalue weighted by molar-refractivity contribution is 0.0468. The van der Waals surface area contributed by atoms with Gasteiger partial charge in [0.2, 0.25) is 0 Å².